The molecule has 0 fully saturated rings. The van der Waals surface area contributed by atoms with Crippen LogP contribution in [-0.2, 0) is 9.47 Å². The van der Waals surface area contributed by atoms with Gasteiger partial charge in [0.05, 0.1) is 11.1 Å². The van der Waals surface area contributed by atoms with Gasteiger partial charge in [-0.25, -0.2) is 9.59 Å². The van der Waals surface area contributed by atoms with Crippen molar-refractivity contribution in [2.75, 3.05) is 13.2 Å². The van der Waals surface area contributed by atoms with E-state index in [1.807, 2.05) is 84.9 Å². The minimum Gasteiger partial charge on any atom is -0.454 e. The zero-order valence-corrected chi connectivity index (χ0v) is 25.9. The number of ketones is 2. The molecule has 0 spiro atoms. The number of carbonyl (C=O) groups is 4. The molecular formula is C42H30O6. The van der Waals surface area contributed by atoms with Crippen molar-refractivity contribution in [3.8, 4) is 33.4 Å². The summed E-state index contributed by atoms with van der Waals surface area (Å²) >= 11 is 0. The molecule has 0 amide bonds. The van der Waals surface area contributed by atoms with Crippen LogP contribution in [0.2, 0.25) is 0 Å². The van der Waals surface area contributed by atoms with E-state index in [0.717, 1.165) is 33.4 Å². The zero-order valence-electron chi connectivity index (χ0n) is 25.9. The van der Waals surface area contributed by atoms with Gasteiger partial charge >= 0.3 is 11.9 Å². The van der Waals surface area contributed by atoms with Crippen molar-refractivity contribution in [2.45, 2.75) is 0 Å². The molecule has 0 heterocycles. The van der Waals surface area contributed by atoms with E-state index in [0.29, 0.717) is 22.3 Å². The van der Waals surface area contributed by atoms with E-state index in [1.165, 1.54) is 0 Å². The smallest absolute Gasteiger partial charge is 0.338 e. The maximum atomic E-state index is 12.6. The minimum atomic E-state index is -0.601. The molecule has 6 rings (SSSR count). The lowest BCUT2D eigenvalue weighted by molar-refractivity contribution is 0.0472. The van der Waals surface area contributed by atoms with E-state index < -0.39 is 11.9 Å². The molecule has 234 valence electrons. The lowest BCUT2D eigenvalue weighted by atomic mass is 10.0. The number of hydrogen-bond acceptors (Lipinski definition) is 6. The van der Waals surface area contributed by atoms with Gasteiger partial charge < -0.3 is 9.47 Å². The first-order valence-corrected chi connectivity index (χ1v) is 15.4. The van der Waals surface area contributed by atoms with Crippen molar-refractivity contribution in [1.29, 1.82) is 0 Å². The summed E-state index contributed by atoms with van der Waals surface area (Å²) in [6.45, 7) is -0.732. The Labute approximate surface area is 278 Å². The third-order valence-electron chi connectivity index (χ3n) is 7.87. The van der Waals surface area contributed by atoms with Gasteiger partial charge in [0, 0.05) is 11.1 Å². The second kappa shape index (κ2) is 14.8. The maximum Gasteiger partial charge on any atom is 0.338 e. The molecule has 6 aromatic rings. The number of hydrogen-bond donors (Lipinski definition) is 0. The maximum absolute atomic E-state index is 12.6. The lowest BCUT2D eigenvalue weighted by Crippen LogP contribution is -2.14. The van der Waals surface area contributed by atoms with Crippen LogP contribution in [0.25, 0.3) is 33.4 Å². The highest BCUT2D eigenvalue weighted by Crippen LogP contribution is 2.23. The Balaban J connectivity index is 0.981. The molecule has 0 N–H and O–H groups in total. The van der Waals surface area contributed by atoms with Crippen LogP contribution in [0.5, 0.6) is 0 Å². The SMILES string of the molecule is O=C(COC(=O)c1ccc(-c2ccc(C(=O)OCC(=O)c3ccc(-c4ccccc4)cc3)cc2)cc1)c1ccc(-c2ccccc2)cc1. The highest BCUT2D eigenvalue weighted by atomic mass is 16.5. The molecule has 6 heteroatoms. The van der Waals surface area contributed by atoms with Crippen molar-refractivity contribution in [3.05, 3.63) is 180 Å². The zero-order chi connectivity index (χ0) is 33.3. The van der Waals surface area contributed by atoms with Crippen LogP contribution in [0.15, 0.2) is 158 Å². The molecule has 0 aliphatic carbocycles. The molecule has 0 bridgehead atoms. The molecule has 6 nitrogen and oxygen atoms in total. The van der Waals surface area contributed by atoms with E-state index >= 15 is 0 Å². The molecule has 0 atom stereocenters. The summed E-state index contributed by atoms with van der Waals surface area (Å²) in [5.74, 6) is -1.79. The molecule has 0 saturated heterocycles. The van der Waals surface area contributed by atoms with Gasteiger partial charge in [-0.3, -0.25) is 9.59 Å². The summed E-state index contributed by atoms with van der Waals surface area (Å²) in [5, 5.41) is 0. The Kier molecular flexibility index (Phi) is 9.73. The Bertz CT molecular complexity index is 1880. The molecule has 0 aliphatic rings. The van der Waals surface area contributed by atoms with Crippen molar-refractivity contribution in [3.63, 3.8) is 0 Å². The van der Waals surface area contributed by atoms with Crippen molar-refractivity contribution in [2.24, 2.45) is 0 Å². The molecule has 0 radical (unpaired) electrons. The molecule has 48 heavy (non-hydrogen) atoms. The van der Waals surface area contributed by atoms with Gasteiger partial charge in [-0.15, -0.1) is 0 Å². The number of esters is 2. The highest BCUT2D eigenvalue weighted by molar-refractivity contribution is 6.00. The fraction of sp³-hybridized carbons (Fsp3) is 0.0476. The second-order valence-electron chi connectivity index (χ2n) is 11.0. The van der Waals surface area contributed by atoms with E-state index in [-0.39, 0.29) is 24.8 Å². The molecule has 0 saturated carbocycles. The molecular weight excluding hydrogens is 600 g/mol. The van der Waals surface area contributed by atoms with E-state index in [1.54, 1.807) is 72.8 Å². The Hall–Kier alpha value is -6.40. The monoisotopic (exact) mass is 630 g/mol. The van der Waals surface area contributed by atoms with Gasteiger partial charge in [0.15, 0.2) is 24.8 Å². The van der Waals surface area contributed by atoms with Crippen LogP contribution >= 0.6 is 0 Å². The summed E-state index contributed by atoms with van der Waals surface area (Å²) in [4.78, 5) is 50.4. The number of Topliss-reactive ketones (excluding diaryl/α,β-unsaturated/α-hetero) is 2. The Morgan fingerprint density at radius 1 is 0.312 bits per heavy atom. The predicted octanol–water partition coefficient (Wildman–Crippen LogP) is 8.77. The average Bonchev–Trinajstić information content (AvgIpc) is 3.16. The van der Waals surface area contributed by atoms with Crippen molar-refractivity contribution < 1.29 is 28.7 Å². The van der Waals surface area contributed by atoms with Gasteiger partial charge in [0.1, 0.15) is 0 Å². The first kappa shape index (κ1) is 31.6. The van der Waals surface area contributed by atoms with Crippen LogP contribution in [0, 0.1) is 0 Å². The van der Waals surface area contributed by atoms with E-state index in [2.05, 4.69) is 0 Å². The lowest BCUT2D eigenvalue weighted by Gasteiger charge is -2.08. The molecule has 6 aromatic carbocycles. The predicted molar refractivity (Wildman–Crippen MR) is 185 cm³/mol. The summed E-state index contributed by atoms with van der Waals surface area (Å²) in [6, 6.07) is 47.6. The topological polar surface area (TPSA) is 86.7 Å². The van der Waals surface area contributed by atoms with Crippen molar-refractivity contribution >= 4 is 23.5 Å². The molecule has 0 aromatic heterocycles. The first-order chi connectivity index (χ1) is 23.4. The van der Waals surface area contributed by atoms with Crippen molar-refractivity contribution in [1.82, 2.24) is 0 Å². The quantitative estimate of drug-likeness (QED) is 0.105. The van der Waals surface area contributed by atoms with E-state index in [9.17, 15) is 19.2 Å². The number of carbonyl (C=O) groups excluding carboxylic acids is 4. The normalized spacial score (nSPS) is 10.6. The molecule has 0 unspecified atom stereocenters. The van der Waals surface area contributed by atoms with Gasteiger partial charge in [-0.1, -0.05) is 133 Å². The first-order valence-electron chi connectivity index (χ1n) is 15.4. The van der Waals surface area contributed by atoms with Crippen LogP contribution in [0.3, 0.4) is 0 Å². The van der Waals surface area contributed by atoms with Gasteiger partial charge in [0.25, 0.3) is 0 Å². The fourth-order valence-corrected chi connectivity index (χ4v) is 5.15. The third kappa shape index (κ3) is 7.69. The summed E-state index contributed by atoms with van der Waals surface area (Å²) < 4.78 is 10.5. The van der Waals surface area contributed by atoms with E-state index in [4.69, 9.17) is 9.47 Å². The number of benzene rings is 6. The number of ether oxygens (including phenoxy) is 2. The number of rotatable bonds is 11. The summed E-state index contributed by atoms with van der Waals surface area (Å²) in [6.07, 6.45) is 0. The highest BCUT2D eigenvalue weighted by Gasteiger charge is 2.15. The third-order valence-corrected chi connectivity index (χ3v) is 7.87. The van der Waals surface area contributed by atoms with Gasteiger partial charge in [-0.05, 0) is 57.6 Å². The Morgan fingerprint density at radius 2 is 0.562 bits per heavy atom. The molecule has 0 aliphatic heterocycles. The standard InChI is InChI=1S/C42H30O6/c43-39(35-19-11-31(12-20-35)29-7-3-1-4-8-29)27-47-41(45)37-23-15-33(16-24-37)34-17-25-38(26-18-34)42(46)48-28-40(44)36-21-13-32(14-22-36)30-9-5-2-6-10-30/h1-26H,27-28H2. The summed E-state index contributed by atoms with van der Waals surface area (Å²) in [7, 11) is 0. The fourth-order valence-electron chi connectivity index (χ4n) is 5.15. The van der Waals surface area contributed by atoms with Crippen LogP contribution in [-0.4, -0.2) is 36.7 Å². The minimum absolute atomic E-state index is 0.292. The summed E-state index contributed by atoms with van der Waals surface area (Å²) in [5.41, 5.74) is 7.27. The van der Waals surface area contributed by atoms with Gasteiger partial charge in [-0.2, -0.15) is 0 Å². The van der Waals surface area contributed by atoms with Crippen LogP contribution < -0.4 is 0 Å². The van der Waals surface area contributed by atoms with Gasteiger partial charge in [0.2, 0.25) is 0 Å². The van der Waals surface area contributed by atoms with Crippen LogP contribution in [0.1, 0.15) is 41.4 Å². The largest absolute Gasteiger partial charge is 0.454 e. The second-order valence-corrected chi connectivity index (χ2v) is 11.0. The van der Waals surface area contributed by atoms with Crippen LogP contribution in [0.4, 0.5) is 0 Å². The average molecular weight is 631 g/mol. The Morgan fingerprint density at radius 3 is 0.854 bits per heavy atom.